The topological polar surface area (TPSA) is 117 Å². The van der Waals surface area contributed by atoms with Crippen molar-refractivity contribution in [3.63, 3.8) is 0 Å². The van der Waals surface area contributed by atoms with E-state index in [0.29, 0.717) is 40.8 Å². The van der Waals surface area contributed by atoms with Crippen LogP contribution in [0.5, 0.6) is 5.75 Å². The van der Waals surface area contributed by atoms with Gasteiger partial charge >= 0.3 is 12.1 Å². The fourth-order valence-electron chi connectivity index (χ4n) is 5.70. The number of aliphatic carboxylic acids is 1. The molecule has 1 fully saturated rings. The van der Waals surface area contributed by atoms with Gasteiger partial charge in [-0.2, -0.15) is 13.2 Å². The van der Waals surface area contributed by atoms with Crippen molar-refractivity contribution in [1.29, 1.82) is 0 Å². The Morgan fingerprint density at radius 2 is 1.95 bits per heavy atom. The van der Waals surface area contributed by atoms with Crippen LogP contribution in [0.4, 0.5) is 13.2 Å². The van der Waals surface area contributed by atoms with Crippen LogP contribution in [0.2, 0.25) is 0 Å². The number of halogens is 3. The first-order valence-electron chi connectivity index (χ1n) is 12.8. The van der Waals surface area contributed by atoms with E-state index in [1.165, 1.54) is 7.11 Å². The lowest BCUT2D eigenvalue weighted by Gasteiger charge is -2.36. The van der Waals surface area contributed by atoms with Crippen molar-refractivity contribution in [3.8, 4) is 5.75 Å². The fourth-order valence-corrected chi connectivity index (χ4v) is 5.70. The first-order valence-corrected chi connectivity index (χ1v) is 12.8. The van der Waals surface area contributed by atoms with Gasteiger partial charge in [0.1, 0.15) is 23.5 Å². The number of oxazole rings is 1. The van der Waals surface area contributed by atoms with E-state index in [1.54, 1.807) is 54.6 Å². The molecule has 4 atom stereocenters. The second kappa shape index (κ2) is 9.70. The van der Waals surface area contributed by atoms with Crippen LogP contribution in [-0.2, 0) is 9.59 Å². The van der Waals surface area contributed by atoms with Crippen molar-refractivity contribution < 1.29 is 37.0 Å². The van der Waals surface area contributed by atoms with E-state index in [4.69, 9.17) is 9.15 Å². The third-order valence-corrected chi connectivity index (χ3v) is 7.66. The third-order valence-electron chi connectivity index (χ3n) is 7.66. The van der Waals surface area contributed by atoms with Crippen LogP contribution in [-0.4, -0.2) is 52.5 Å². The molecule has 1 aliphatic carbocycles. The highest BCUT2D eigenvalue weighted by molar-refractivity contribution is 6.21. The minimum atomic E-state index is -4.66. The summed E-state index contributed by atoms with van der Waals surface area (Å²) in [5, 5.41) is 13.6. The lowest BCUT2D eigenvalue weighted by atomic mass is 9.85. The number of aromatic nitrogens is 1. The molecule has 1 aromatic heterocycles. The van der Waals surface area contributed by atoms with Gasteiger partial charge in [-0.1, -0.05) is 42.5 Å². The number of nitrogens with zero attached hydrogens (tertiary/aromatic N) is 2. The Morgan fingerprint density at radius 1 is 1.18 bits per heavy atom. The number of hydrogen-bond donors (Lipinski definition) is 3. The highest BCUT2D eigenvalue weighted by Crippen LogP contribution is 2.44. The lowest BCUT2D eigenvalue weighted by molar-refractivity contribution is -0.161. The first-order chi connectivity index (χ1) is 19.2. The first kappa shape index (κ1) is 25.9. The van der Waals surface area contributed by atoms with Crippen LogP contribution in [0, 0.1) is 5.92 Å². The Hall–Kier alpha value is -4.32. The number of carbonyl (C=O) groups excluding carboxylic acids is 1. The number of nitrogens with one attached hydrogen (secondary N) is 2. The summed E-state index contributed by atoms with van der Waals surface area (Å²) < 4.78 is 54.3. The number of alkyl halides is 3. The molecule has 6 rings (SSSR count). The number of hydrazine groups is 1. The molecule has 2 aliphatic heterocycles. The average molecular weight is 555 g/mol. The van der Waals surface area contributed by atoms with Gasteiger partial charge in [-0.3, -0.25) is 9.59 Å². The molecule has 1 saturated heterocycles. The molecule has 3 N–H and O–H groups in total. The molecule has 40 heavy (non-hydrogen) atoms. The van der Waals surface area contributed by atoms with Crippen LogP contribution >= 0.6 is 0 Å². The fraction of sp³-hybridized carbons (Fsp3) is 0.321. The second-order valence-corrected chi connectivity index (χ2v) is 9.96. The third kappa shape index (κ3) is 4.28. The van der Waals surface area contributed by atoms with Gasteiger partial charge in [-0.05, 0) is 42.5 Å². The molecular formula is C28H25F3N4O5. The Morgan fingerprint density at radius 3 is 2.60 bits per heavy atom. The summed E-state index contributed by atoms with van der Waals surface area (Å²) in [7, 11) is 1.46. The number of amides is 1. The normalized spacial score (nSPS) is 25.1. The smallest absolute Gasteiger partial charge is 0.406 e. The summed E-state index contributed by atoms with van der Waals surface area (Å²) in [5.74, 6) is -3.09. The van der Waals surface area contributed by atoms with Crippen molar-refractivity contribution in [2.24, 2.45) is 5.92 Å². The van der Waals surface area contributed by atoms with Gasteiger partial charge in [-0.25, -0.2) is 15.4 Å². The van der Waals surface area contributed by atoms with Crippen molar-refractivity contribution in [1.82, 2.24) is 20.7 Å². The Kier molecular flexibility index (Phi) is 6.29. The van der Waals surface area contributed by atoms with Gasteiger partial charge < -0.3 is 19.6 Å². The van der Waals surface area contributed by atoms with E-state index < -0.39 is 42.1 Å². The summed E-state index contributed by atoms with van der Waals surface area (Å²) in [5.41, 5.74) is 4.36. The van der Waals surface area contributed by atoms with Gasteiger partial charge in [0.15, 0.2) is 11.1 Å². The van der Waals surface area contributed by atoms with Crippen molar-refractivity contribution in [2.75, 3.05) is 7.11 Å². The Bertz CT molecular complexity index is 1550. The number of carbonyl (C=O) groups is 2. The number of rotatable bonds is 5. The average Bonchev–Trinajstić information content (AvgIpc) is 3.55. The highest BCUT2D eigenvalue weighted by atomic mass is 19.4. The maximum Gasteiger partial charge on any atom is 0.406 e. The summed E-state index contributed by atoms with van der Waals surface area (Å²) in [4.78, 5) is 30.1. The molecule has 2 aromatic carbocycles. The number of ether oxygens (including phenoxy) is 1. The maximum atomic E-state index is 14.3. The monoisotopic (exact) mass is 554 g/mol. The number of carboxylic acids is 1. The molecule has 3 heterocycles. The van der Waals surface area contributed by atoms with Crippen molar-refractivity contribution in [3.05, 3.63) is 77.3 Å². The zero-order chi connectivity index (χ0) is 28.2. The number of benzene rings is 2. The van der Waals surface area contributed by atoms with E-state index >= 15 is 0 Å². The molecule has 3 aromatic rings. The van der Waals surface area contributed by atoms with Gasteiger partial charge in [-0.15, -0.1) is 0 Å². The highest BCUT2D eigenvalue weighted by Gasteiger charge is 2.58. The van der Waals surface area contributed by atoms with Crippen LogP contribution in [0.25, 0.3) is 16.7 Å². The molecule has 9 nitrogen and oxygen atoms in total. The second-order valence-electron chi connectivity index (χ2n) is 9.96. The zero-order valence-corrected chi connectivity index (χ0v) is 21.2. The Balaban J connectivity index is 1.51. The van der Waals surface area contributed by atoms with Crippen molar-refractivity contribution in [2.45, 2.75) is 43.6 Å². The maximum absolute atomic E-state index is 14.3. The van der Waals surface area contributed by atoms with Crippen LogP contribution in [0.3, 0.4) is 0 Å². The minimum Gasteiger partial charge on any atom is -0.494 e. The van der Waals surface area contributed by atoms with E-state index in [1.807, 2.05) is 0 Å². The zero-order valence-electron chi connectivity index (χ0n) is 21.2. The summed E-state index contributed by atoms with van der Waals surface area (Å²) >= 11 is 0. The Labute approximate surface area is 226 Å². The predicted molar refractivity (Wildman–Crippen MR) is 136 cm³/mol. The number of para-hydroxylation sites is 1. The molecule has 0 saturated carbocycles. The molecule has 0 bridgehead atoms. The number of fused-ring (bicyclic) bond motifs is 2. The van der Waals surface area contributed by atoms with E-state index in [-0.39, 0.29) is 23.6 Å². The summed E-state index contributed by atoms with van der Waals surface area (Å²) in [6.07, 6.45) is -3.19. The van der Waals surface area contributed by atoms with Gasteiger partial charge in [0, 0.05) is 0 Å². The lowest BCUT2D eigenvalue weighted by Crippen LogP contribution is -2.55. The largest absolute Gasteiger partial charge is 0.494 e. The SMILES string of the molecule is COc1cccc2oc(C3=C(C4=CCC(C(=O)O)CC4)NC4C(c5ccccc5)C(C(F)(F)F)NN4C3=O)nc12. The van der Waals surface area contributed by atoms with Crippen LogP contribution < -0.4 is 15.5 Å². The van der Waals surface area contributed by atoms with Crippen LogP contribution in [0.1, 0.15) is 36.6 Å². The number of carboxylic acid groups (broad SMARTS) is 1. The molecule has 0 spiro atoms. The molecule has 1 amide bonds. The predicted octanol–water partition coefficient (Wildman–Crippen LogP) is 4.35. The molecule has 4 unspecified atom stereocenters. The van der Waals surface area contributed by atoms with Crippen molar-refractivity contribution >= 4 is 28.5 Å². The van der Waals surface area contributed by atoms with Crippen LogP contribution in [0.15, 0.2) is 70.3 Å². The molecular weight excluding hydrogens is 529 g/mol. The number of allylic oxidation sites excluding steroid dienone is 2. The summed E-state index contributed by atoms with van der Waals surface area (Å²) in [6, 6.07) is 11.2. The summed E-state index contributed by atoms with van der Waals surface area (Å²) in [6.45, 7) is 0. The van der Waals surface area contributed by atoms with E-state index in [2.05, 4.69) is 15.7 Å². The number of methoxy groups -OCH3 is 1. The standard InChI is InChI=1S/C28H25F3N4O5/c1-39-17-8-5-9-18-22(17)33-25(40-18)20-21(15-10-12-16(13-11-15)27(37)38)32-24-19(14-6-3-2-4-7-14)23(28(29,30)31)34-35(24)26(20)36/h2-10,16,19,23-24,32,34H,11-13H2,1H3,(H,37,38). The quantitative estimate of drug-likeness (QED) is 0.426. The molecule has 208 valence electrons. The van der Waals surface area contributed by atoms with Gasteiger partial charge in [0.25, 0.3) is 5.91 Å². The minimum absolute atomic E-state index is 0.0448. The number of hydrogen-bond acceptors (Lipinski definition) is 7. The molecule has 0 radical (unpaired) electrons. The van der Waals surface area contributed by atoms with E-state index in [9.17, 15) is 27.9 Å². The molecule has 3 aliphatic rings. The van der Waals surface area contributed by atoms with E-state index in [0.717, 1.165) is 5.01 Å². The molecule has 12 heteroatoms. The van der Waals surface area contributed by atoms with Gasteiger partial charge in [0.05, 0.1) is 24.6 Å². The van der Waals surface area contributed by atoms with Gasteiger partial charge in [0.2, 0.25) is 5.89 Å².